The van der Waals surface area contributed by atoms with Gasteiger partial charge in [0.2, 0.25) is 0 Å². The highest BCUT2D eigenvalue weighted by Gasteiger charge is 2.30. The summed E-state index contributed by atoms with van der Waals surface area (Å²) in [4.78, 5) is 10.6. The van der Waals surface area contributed by atoms with Crippen molar-refractivity contribution < 1.29 is 9.53 Å². The summed E-state index contributed by atoms with van der Waals surface area (Å²) in [5.41, 5.74) is 1.21. The van der Waals surface area contributed by atoms with Gasteiger partial charge in [0, 0.05) is 0 Å². The minimum atomic E-state index is -0.0500. The molecule has 1 atom stereocenters. The zero-order valence-corrected chi connectivity index (χ0v) is 5.09. The Balaban J connectivity index is 2.24. The fourth-order valence-corrected chi connectivity index (χ4v) is 1.42. The molecule has 48 valence electrons. The number of carbonyl (C=O) groups is 1. The summed E-state index contributed by atoms with van der Waals surface area (Å²) < 4.78 is 4.98. The maximum atomic E-state index is 10.6. The minimum Gasteiger partial charge on any atom is -0.458 e. The molecule has 0 saturated carbocycles. The molecule has 1 aliphatic heterocycles. The van der Waals surface area contributed by atoms with E-state index in [4.69, 9.17) is 4.74 Å². The van der Waals surface area contributed by atoms with Crippen LogP contribution in [0, 0.1) is 0 Å². The highest BCUT2D eigenvalue weighted by molar-refractivity contribution is 5.76. The third-order valence-corrected chi connectivity index (χ3v) is 1.87. The van der Waals surface area contributed by atoms with Gasteiger partial charge in [0.1, 0.15) is 6.10 Å². The lowest BCUT2D eigenvalue weighted by Crippen LogP contribution is -2.03. The Bertz CT molecular complexity index is 181. The molecule has 1 fully saturated rings. The van der Waals surface area contributed by atoms with Gasteiger partial charge < -0.3 is 4.74 Å². The van der Waals surface area contributed by atoms with Gasteiger partial charge in [0.05, 0.1) is 6.42 Å². The number of rotatable bonds is 0. The van der Waals surface area contributed by atoms with Gasteiger partial charge in [0.15, 0.2) is 0 Å². The predicted molar refractivity (Wildman–Crippen MR) is 31.8 cm³/mol. The van der Waals surface area contributed by atoms with E-state index in [0.717, 1.165) is 12.8 Å². The summed E-state index contributed by atoms with van der Waals surface area (Å²) in [5, 5.41) is 0. The molecule has 2 aliphatic rings. The number of carbonyl (C=O) groups excluding carboxylic acids is 1. The van der Waals surface area contributed by atoms with Crippen LogP contribution in [0.3, 0.4) is 0 Å². The second kappa shape index (κ2) is 1.59. The summed E-state index contributed by atoms with van der Waals surface area (Å²) in [6.07, 6.45) is 4.94. The molecule has 0 N–H and O–H groups in total. The van der Waals surface area contributed by atoms with Gasteiger partial charge in [0.25, 0.3) is 0 Å². The third-order valence-electron chi connectivity index (χ3n) is 1.87. The zero-order chi connectivity index (χ0) is 6.27. The van der Waals surface area contributed by atoms with Crippen molar-refractivity contribution >= 4 is 5.97 Å². The van der Waals surface area contributed by atoms with E-state index < -0.39 is 0 Å². The number of allylic oxidation sites excluding steroid dienone is 1. The minimum absolute atomic E-state index is 0.0500. The topological polar surface area (TPSA) is 26.3 Å². The maximum Gasteiger partial charge on any atom is 0.310 e. The summed E-state index contributed by atoms with van der Waals surface area (Å²) in [6.45, 7) is 0. The lowest BCUT2D eigenvalue weighted by Gasteiger charge is -2.00. The Kier molecular flexibility index (Phi) is 0.891. The molecule has 0 aromatic heterocycles. The van der Waals surface area contributed by atoms with E-state index in [2.05, 4.69) is 6.08 Å². The van der Waals surface area contributed by atoms with Crippen LogP contribution in [0.15, 0.2) is 11.6 Å². The van der Waals surface area contributed by atoms with Crippen molar-refractivity contribution in [1.82, 2.24) is 0 Å². The van der Waals surface area contributed by atoms with Crippen molar-refractivity contribution in [3.8, 4) is 0 Å². The molecule has 0 unspecified atom stereocenters. The van der Waals surface area contributed by atoms with Crippen molar-refractivity contribution in [2.75, 3.05) is 0 Å². The molecule has 0 radical (unpaired) electrons. The van der Waals surface area contributed by atoms with Crippen molar-refractivity contribution in [2.45, 2.75) is 25.4 Å². The van der Waals surface area contributed by atoms with Crippen LogP contribution in [0.5, 0.6) is 0 Å². The molecule has 0 aromatic rings. The summed E-state index contributed by atoms with van der Waals surface area (Å²) in [7, 11) is 0. The molecule has 9 heavy (non-hydrogen) atoms. The molecule has 1 heterocycles. The van der Waals surface area contributed by atoms with Crippen LogP contribution >= 0.6 is 0 Å². The van der Waals surface area contributed by atoms with Gasteiger partial charge in [-0.3, -0.25) is 4.79 Å². The SMILES string of the molecule is O=C1CC2=CCC[C@H]2O1. The first-order chi connectivity index (χ1) is 4.36. The summed E-state index contributed by atoms with van der Waals surface area (Å²) >= 11 is 0. The summed E-state index contributed by atoms with van der Waals surface area (Å²) in [5.74, 6) is -0.0500. The normalized spacial score (nSPS) is 31.8. The summed E-state index contributed by atoms with van der Waals surface area (Å²) in [6, 6.07) is 0. The molecule has 2 nitrogen and oxygen atoms in total. The average Bonchev–Trinajstić information content (AvgIpc) is 2.22. The second-order valence-corrected chi connectivity index (χ2v) is 2.51. The van der Waals surface area contributed by atoms with Crippen LogP contribution in [-0.2, 0) is 9.53 Å². The Morgan fingerprint density at radius 2 is 2.56 bits per heavy atom. The van der Waals surface area contributed by atoms with Crippen LogP contribution < -0.4 is 0 Å². The Morgan fingerprint density at radius 1 is 1.67 bits per heavy atom. The fraction of sp³-hybridized carbons (Fsp3) is 0.571. The molecule has 1 aliphatic carbocycles. The largest absolute Gasteiger partial charge is 0.458 e. The molecule has 0 aromatic carbocycles. The van der Waals surface area contributed by atoms with Crippen LogP contribution in [-0.4, -0.2) is 12.1 Å². The Morgan fingerprint density at radius 3 is 3.33 bits per heavy atom. The standard InChI is InChI=1S/C7H8O2/c8-7-4-5-2-1-3-6(5)9-7/h2,6H,1,3-4H2/t6-/m1/s1. The van der Waals surface area contributed by atoms with Crippen molar-refractivity contribution in [3.63, 3.8) is 0 Å². The number of hydrogen-bond donors (Lipinski definition) is 0. The molecule has 1 saturated heterocycles. The van der Waals surface area contributed by atoms with Gasteiger partial charge >= 0.3 is 5.97 Å². The van der Waals surface area contributed by atoms with Crippen LogP contribution in [0.25, 0.3) is 0 Å². The molecule has 2 heteroatoms. The molecule has 0 spiro atoms. The van der Waals surface area contributed by atoms with E-state index in [1.807, 2.05) is 0 Å². The van der Waals surface area contributed by atoms with E-state index >= 15 is 0 Å². The van der Waals surface area contributed by atoms with E-state index in [1.54, 1.807) is 0 Å². The first-order valence-electron chi connectivity index (χ1n) is 3.24. The van der Waals surface area contributed by atoms with Crippen molar-refractivity contribution in [3.05, 3.63) is 11.6 Å². The highest BCUT2D eigenvalue weighted by Crippen LogP contribution is 2.30. The molecule has 2 rings (SSSR count). The smallest absolute Gasteiger partial charge is 0.310 e. The zero-order valence-electron chi connectivity index (χ0n) is 5.09. The second-order valence-electron chi connectivity index (χ2n) is 2.51. The first-order valence-corrected chi connectivity index (χ1v) is 3.24. The molecule has 0 bridgehead atoms. The van der Waals surface area contributed by atoms with Gasteiger partial charge in [-0.15, -0.1) is 0 Å². The number of hydrogen-bond acceptors (Lipinski definition) is 2. The first kappa shape index (κ1) is 5.03. The van der Waals surface area contributed by atoms with Crippen LogP contribution in [0.4, 0.5) is 0 Å². The molecular formula is C7H8O2. The number of fused-ring (bicyclic) bond motifs is 1. The van der Waals surface area contributed by atoms with Crippen LogP contribution in [0.1, 0.15) is 19.3 Å². The Labute approximate surface area is 53.5 Å². The number of esters is 1. The van der Waals surface area contributed by atoms with Gasteiger partial charge in [-0.05, 0) is 18.4 Å². The van der Waals surface area contributed by atoms with E-state index in [1.165, 1.54) is 5.57 Å². The van der Waals surface area contributed by atoms with Crippen LogP contribution in [0.2, 0.25) is 0 Å². The van der Waals surface area contributed by atoms with Gasteiger partial charge in [-0.2, -0.15) is 0 Å². The molecule has 0 amide bonds. The van der Waals surface area contributed by atoms with Crippen molar-refractivity contribution in [2.24, 2.45) is 0 Å². The van der Waals surface area contributed by atoms with Gasteiger partial charge in [-0.1, -0.05) is 6.08 Å². The lowest BCUT2D eigenvalue weighted by atomic mass is 10.2. The number of ether oxygens (including phenoxy) is 1. The average molecular weight is 124 g/mol. The third kappa shape index (κ3) is 0.661. The Hall–Kier alpha value is -0.790. The predicted octanol–water partition coefficient (Wildman–Crippen LogP) is 1.02. The van der Waals surface area contributed by atoms with E-state index in [0.29, 0.717) is 6.42 Å². The molecular weight excluding hydrogens is 116 g/mol. The highest BCUT2D eigenvalue weighted by atomic mass is 16.5. The van der Waals surface area contributed by atoms with E-state index in [9.17, 15) is 4.79 Å². The van der Waals surface area contributed by atoms with Crippen molar-refractivity contribution in [1.29, 1.82) is 0 Å². The fourth-order valence-electron chi connectivity index (χ4n) is 1.42. The quantitative estimate of drug-likeness (QED) is 0.356. The van der Waals surface area contributed by atoms with Gasteiger partial charge in [-0.25, -0.2) is 0 Å². The maximum absolute atomic E-state index is 10.6. The lowest BCUT2D eigenvalue weighted by molar-refractivity contribution is -0.141. The monoisotopic (exact) mass is 124 g/mol. The van der Waals surface area contributed by atoms with E-state index in [-0.39, 0.29) is 12.1 Å².